The lowest BCUT2D eigenvalue weighted by Gasteiger charge is -2.35. The van der Waals surface area contributed by atoms with Crippen molar-refractivity contribution in [3.8, 4) is 0 Å². The van der Waals surface area contributed by atoms with Gasteiger partial charge >= 0.3 is 0 Å². The first-order chi connectivity index (χ1) is 12.7. The smallest absolute Gasteiger partial charge is 0.251 e. The first-order valence-corrected chi connectivity index (χ1v) is 9.70. The zero-order chi connectivity index (χ0) is 17.9. The molecule has 1 saturated heterocycles. The van der Waals surface area contributed by atoms with E-state index in [1.54, 1.807) is 0 Å². The molecule has 1 aromatic heterocycles. The van der Waals surface area contributed by atoms with Gasteiger partial charge in [-0.2, -0.15) is 8.75 Å². The van der Waals surface area contributed by atoms with Gasteiger partial charge in [0.1, 0.15) is 11.0 Å². The number of nitrogens with one attached hydrogen (secondary N) is 1. The third-order valence-electron chi connectivity index (χ3n) is 4.89. The molecule has 2 heterocycles. The molecule has 2 aromatic carbocycles. The highest BCUT2D eigenvalue weighted by Gasteiger charge is 2.32. The Morgan fingerprint density at radius 3 is 2.81 bits per heavy atom. The number of carbonyl (C=O) groups excluding carboxylic acids is 1. The van der Waals surface area contributed by atoms with Gasteiger partial charge in [0.15, 0.2) is 0 Å². The van der Waals surface area contributed by atoms with Gasteiger partial charge in [-0.1, -0.05) is 37.3 Å². The van der Waals surface area contributed by atoms with Crippen molar-refractivity contribution < 1.29 is 9.53 Å². The summed E-state index contributed by atoms with van der Waals surface area (Å²) in [5, 5.41) is 3.19. The second-order valence-electron chi connectivity index (χ2n) is 6.64. The largest absolute Gasteiger partial charge is 0.370 e. The normalized spacial score (nSPS) is 23.0. The summed E-state index contributed by atoms with van der Waals surface area (Å²) in [5.74, 6) is -0.0281. The summed E-state index contributed by atoms with van der Waals surface area (Å²) in [6, 6.07) is 15.5. The summed E-state index contributed by atoms with van der Waals surface area (Å²) in [5.41, 5.74) is 3.56. The lowest BCUT2D eigenvalue weighted by Crippen LogP contribution is -2.43. The minimum atomic E-state index is -0.0811. The van der Waals surface area contributed by atoms with Crippen LogP contribution in [0.1, 0.15) is 48.2 Å². The van der Waals surface area contributed by atoms with Crippen LogP contribution in [0.4, 0.5) is 0 Å². The van der Waals surface area contributed by atoms with Crippen molar-refractivity contribution in [1.29, 1.82) is 0 Å². The van der Waals surface area contributed by atoms with Crippen LogP contribution in [-0.4, -0.2) is 26.8 Å². The molecule has 5 nitrogen and oxygen atoms in total. The molecule has 0 saturated carbocycles. The van der Waals surface area contributed by atoms with Crippen molar-refractivity contribution in [3.63, 3.8) is 0 Å². The fourth-order valence-corrected chi connectivity index (χ4v) is 4.10. The number of benzene rings is 2. The fraction of sp³-hybridized carbons (Fsp3) is 0.350. The van der Waals surface area contributed by atoms with E-state index in [-0.39, 0.29) is 24.2 Å². The Hall–Kier alpha value is -2.31. The lowest BCUT2D eigenvalue weighted by molar-refractivity contribution is -0.0626. The van der Waals surface area contributed by atoms with Crippen molar-refractivity contribution in [2.45, 2.75) is 44.4 Å². The number of rotatable bonds is 4. The first-order valence-electron chi connectivity index (χ1n) is 8.97. The molecule has 6 heteroatoms. The van der Waals surface area contributed by atoms with Gasteiger partial charge in [-0.3, -0.25) is 4.79 Å². The molecular formula is C20H21N3O2S. The molecular weight excluding hydrogens is 346 g/mol. The molecule has 0 radical (unpaired) electrons. The summed E-state index contributed by atoms with van der Waals surface area (Å²) in [7, 11) is 0. The molecule has 1 aliphatic rings. The highest BCUT2D eigenvalue weighted by molar-refractivity contribution is 7.00. The number of carbonyl (C=O) groups is 1. The molecule has 3 aromatic rings. The maximum atomic E-state index is 12.5. The van der Waals surface area contributed by atoms with Crippen LogP contribution in [0.15, 0.2) is 48.5 Å². The van der Waals surface area contributed by atoms with E-state index in [1.165, 1.54) is 11.7 Å². The summed E-state index contributed by atoms with van der Waals surface area (Å²) < 4.78 is 15.1. The van der Waals surface area contributed by atoms with Crippen LogP contribution in [0.2, 0.25) is 0 Å². The standard InChI is InChI=1S/C20H21N3O2S/c1-2-15-11-14(21-20(24)13-7-4-3-5-8-13)12-18(25-15)16-9-6-10-17-19(16)23-26-22-17/h3-10,14-15,18H,2,11-12H2,1H3,(H,21,24)/t14-,15+,18+/m0/s1. The minimum Gasteiger partial charge on any atom is -0.370 e. The van der Waals surface area contributed by atoms with Crippen molar-refractivity contribution in [1.82, 2.24) is 14.1 Å². The summed E-state index contributed by atoms with van der Waals surface area (Å²) >= 11 is 1.22. The van der Waals surface area contributed by atoms with Gasteiger partial charge < -0.3 is 10.1 Å². The average molecular weight is 367 g/mol. The molecule has 4 rings (SSSR count). The van der Waals surface area contributed by atoms with Crippen molar-refractivity contribution in [2.24, 2.45) is 0 Å². The summed E-state index contributed by atoms with van der Waals surface area (Å²) in [6.45, 7) is 2.12. The van der Waals surface area contributed by atoms with Crippen LogP contribution in [0.5, 0.6) is 0 Å². The molecule has 134 valence electrons. The summed E-state index contributed by atoms with van der Waals surface area (Å²) in [6.07, 6.45) is 2.53. The van der Waals surface area contributed by atoms with Crippen LogP contribution < -0.4 is 5.32 Å². The number of aromatic nitrogens is 2. The Morgan fingerprint density at radius 2 is 2.00 bits per heavy atom. The van der Waals surface area contributed by atoms with E-state index in [1.807, 2.05) is 42.5 Å². The lowest BCUT2D eigenvalue weighted by atomic mass is 9.92. The Kier molecular flexibility index (Phi) is 4.95. The number of hydrogen-bond donors (Lipinski definition) is 1. The fourth-order valence-electron chi connectivity index (χ4n) is 3.54. The maximum absolute atomic E-state index is 12.5. The van der Waals surface area contributed by atoms with Gasteiger partial charge in [0, 0.05) is 17.2 Å². The zero-order valence-electron chi connectivity index (χ0n) is 14.6. The van der Waals surface area contributed by atoms with E-state index in [2.05, 4.69) is 27.1 Å². The topological polar surface area (TPSA) is 64.1 Å². The SMILES string of the molecule is CC[C@@H]1C[C@H](NC(=O)c2ccccc2)C[C@H](c2cccc3nsnc23)O1. The first kappa shape index (κ1) is 17.1. The molecule has 1 amide bonds. The van der Waals surface area contributed by atoms with Gasteiger partial charge in [-0.15, -0.1) is 0 Å². The molecule has 0 aliphatic carbocycles. The maximum Gasteiger partial charge on any atom is 0.251 e. The monoisotopic (exact) mass is 367 g/mol. The number of ether oxygens (including phenoxy) is 1. The third kappa shape index (κ3) is 3.48. The predicted octanol–water partition coefficient (Wildman–Crippen LogP) is 4.12. The minimum absolute atomic E-state index is 0.0281. The Bertz CT molecular complexity index is 896. The number of hydrogen-bond acceptors (Lipinski definition) is 5. The number of nitrogens with zero attached hydrogens (tertiary/aromatic N) is 2. The number of amides is 1. The van der Waals surface area contributed by atoms with E-state index in [9.17, 15) is 4.79 Å². The second kappa shape index (κ2) is 7.51. The molecule has 0 spiro atoms. The van der Waals surface area contributed by atoms with Crippen LogP contribution in [0, 0.1) is 0 Å². The van der Waals surface area contributed by atoms with Crippen LogP contribution in [-0.2, 0) is 4.74 Å². The van der Waals surface area contributed by atoms with Crippen LogP contribution in [0.3, 0.4) is 0 Å². The zero-order valence-corrected chi connectivity index (χ0v) is 15.4. The Balaban J connectivity index is 1.55. The van der Waals surface area contributed by atoms with Crippen LogP contribution in [0.25, 0.3) is 11.0 Å². The van der Waals surface area contributed by atoms with Crippen molar-refractivity contribution in [2.75, 3.05) is 0 Å². The average Bonchev–Trinajstić information content (AvgIpc) is 3.17. The predicted molar refractivity (Wildman–Crippen MR) is 102 cm³/mol. The van der Waals surface area contributed by atoms with Crippen molar-refractivity contribution >= 4 is 28.7 Å². The molecule has 0 bridgehead atoms. The molecule has 1 fully saturated rings. The molecule has 3 atom stereocenters. The van der Waals surface area contributed by atoms with E-state index >= 15 is 0 Å². The highest BCUT2D eigenvalue weighted by Crippen LogP contribution is 2.35. The van der Waals surface area contributed by atoms with Crippen molar-refractivity contribution in [3.05, 3.63) is 59.7 Å². The summed E-state index contributed by atoms with van der Waals surface area (Å²) in [4.78, 5) is 12.5. The van der Waals surface area contributed by atoms with Gasteiger partial charge in [0.25, 0.3) is 5.91 Å². The van der Waals surface area contributed by atoms with E-state index in [4.69, 9.17) is 4.74 Å². The Labute approximate surface area is 156 Å². The van der Waals surface area contributed by atoms with Gasteiger partial charge in [-0.25, -0.2) is 0 Å². The molecule has 26 heavy (non-hydrogen) atoms. The second-order valence-corrected chi connectivity index (χ2v) is 7.17. The Morgan fingerprint density at radius 1 is 1.15 bits per heavy atom. The van der Waals surface area contributed by atoms with E-state index in [0.717, 1.165) is 35.9 Å². The van der Waals surface area contributed by atoms with E-state index < -0.39 is 0 Å². The van der Waals surface area contributed by atoms with Crippen LogP contribution >= 0.6 is 11.7 Å². The third-order valence-corrected chi connectivity index (χ3v) is 5.44. The quantitative estimate of drug-likeness (QED) is 0.753. The molecule has 1 N–H and O–H groups in total. The van der Waals surface area contributed by atoms with Gasteiger partial charge in [-0.05, 0) is 37.5 Å². The number of fused-ring (bicyclic) bond motifs is 1. The van der Waals surface area contributed by atoms with Gasteiger partial charge in [0.2, 0.25) is 0 Å². The van der Waals surface area contributed by atoms with Gasteiger partial charge in [0.05, 0.1) is 23.9 Å². The molecule has 1 aliphatic heterocycles. The van der Waals surface area contributed by atoms with E-state index in [0.29, 0.717) is 5.56 Å². The molecule has 0 unspecified atom stereocenters. The highest BCUT2D eigenvalue weighted by atomic mass is 32.1.